The molecule has 2 nitrogen and oxygen atoms in total. The smallest absolute Gasteiger partial charge is 0.159 e. The summed E-state index contributed by atoms with van der Waals surface area (Å²) in [5, 5.41) is 4.98. The summed E-state index contributed by atoms with van der Waals surface area (Å²) in [6.45, 7) is 11.7. The standard InChI is InChI=1S/C47H37NO/c1-28-19-21-30(22-20-28)48(42-17-10-15-35-33-13-6-7-18-43(33)49-45(35)42)31-23-24-32-36-26-41-37(27-40(36)47(4,5)39(32)25-31)34-14-8-11-29-12-9-16-38(44(29)34)46(41,2)3/h6-27H,1-5H3. The minimum atomic E-state index is -0.185. The van der Waals surface area contributed by atoms with Crippen LogP contribution >= 0.6 is 0 Å². The zero-order valence-corrected chi connectivity index (χ0v) is 28.6. The Morgan fingerprint density at radius 2 is 1.12 bits per heavy atom. The molecule has 0 radical (unpaired) electrons. The fourth-order valence-electron chi connectivity index (χ4n) is 8.91. The van der Waals surface area contributed by atoms with Crippen LogP contribution in [0.3, 0.4) is 0 Å². The van der Waals surface area contributed by atoms with Gasteiger partial charge in [-0.05, 0) is 111 Å². The van der Waals surface area contributed by atoms with Crippen LogP contribution in [-0.4, -0.2) is 0 Å². The molecule has 8 aromatic rings. The Labute approximate surface area is 287 Å². The average Bonchev–Trinajstić information content (AvgIpc) is 3.60. The molecule has 2 heteroatoms. The summed E-state index contributed by atoms with van der Waals surface area (Å²) < 4.78 is 6.60. The molecule has 0 unspecified atom stereocenters. The Kier molecular flexibility index (Phi) is 5.65. The van der Waals surface area contributed by atoms with Crippen molar-refractivity contribution in [2.24, 2.45) is 0 Å². The van der Waals surface area contributed by atoms with Gasteiger partial charge in [0.1, 0.15) is 5.58 Å². The first-order chi connectivity index (χ1) is 23.7. The Morgan fingerprint density at radius 1 is 0.490 bits per heavy atom. The van der Waals surface area contributed by atoms with Crippen molar-refractivity contribution in [3.05, 3.63) is 161 Å². The van der Waals surface area contributed by atoms with Gasteiger partial charge in [0.25, 0.3) is 0 Å². The summed E-state index contributed by atoms with van der Waals surface area (Å²) >= 11 is 0. The molecular formula is C47H37NO. The highest BCUT2D eigenvalue weighted by Crippen LogP contribution is 2.56. The molecule has 1 heterocycles. The first-order valence-corrected chi connectivity index (χ1v) is 17.4. The molecule has 236 valence electrons. The van der Waals surface area contributed by atoms with Gasteiger partial charge in [-0.2, -0.15) is 0 Å². The highest BCUT2D eigenvalue weighted by molar-refractivity contribution is 6.10. The Hall–Kier alpha value is -5.60. The molecule has 0 saturated carbocycles. The molecule has 0 aliphatic heterocycles. The molecule has 0 spiro atoms. The number of hydrogen-bond donors (Lipinski definition) is 0. The molecule has 0 N–H and O–H groups in total. The van der Waals surface area contributed by atoms with Crippen molar-refractivity contribution >= 4 is 49.8 Å². The van der Waals surface area contributed by atoms with E-state index in [-0.39, 0.29) is 10.8 Å². The van der Waals surface area contributed by atoms with Crippen LogP contribution in [0.5, 0.6) is 0 Å². The predicted molar refractivity (Wildman–Crippen MR) is 206 cm³/mol. The molecule has 2 aliphatic carbocycles. The molecule has 1 aromatic heterocycles. The second kappa shape index (κ2) is 9.74. The molecule has 10 rings (SSSR count). The largest absolute Gasteiger partial charge is 0.454 e. The SMILES string of the molecule is Cc1ccc(N(c2ccc3c(c2)C(C)(C)c2cc4c(cc2-3)C(C)(C)c2cccc3cccc-4c23)c2cccc3c2oc2ccccc23)cc1. The normalized spacial score (nSPS) is 15.0. The Morgan fingerprint density at radius 3 is 1.92 bits per heavy atom. The summed E-state index contributed by atoms with van der Waals surface area (Å²) in [7, 11) is 0. The minimum Gasteiger partial charge on any atom is -0.454 e. The van der Waals surface area contributed by atoms with Gasteiger partial charge >= 0.3 is 0 Å². The van der Waals surface area contributed by atoms with E-state index >= 15 is 0 Å². The Balaban J connectivity index is 1.18. The van der Waals surface area contributed by atoms with Crippen LogP contribution in [-0.2, 0) is 10.8 Å². The number of hydrogen-bond acceptors (Lipinski definition) is 2. The van der Waals surface area contributed by atoms with Crippen LogP contribution in [0, 0.1) is 6.92 Å². The molecule has 0 saturated heterocycles. The molecule has 7 aromatic carbocycles. The first-order valence-electron chi connectivity index (χ1n) is 17.4. The summed E-state index contributed by atoms with van der Waals surface area (Å²) in [5.74, 6) is 0. The van der Waals surface area contributed by atoms with E-state index in [0.29, 0.717) is 0 Å². The van der Waals surface area contributed by atoms with E-state index < -0.39 is 0 Å². The lowest BCUT2D eigenvalue weighted by Crippen LogP contribution is -2.24. The van der Waals surface area contributed by atoms with Crippen LogP contribution < -0.4 is 4.90 Å². The van der Waals surface area contributed by atoms with Crippen molar-refractivity contribution in [1.82, 2.24) is 0 Å². The molecule has 49 heavy (non-hydrogen) atoms. The van der Waals surface area contributed by atoms with E-state index in [1.807, 2.05) is 6.07 Å². The maximum Gasteiger partial charge on any atom is 0.159 e. The number of nitrogens with zero attached hydrogens (tertiary/aromatic N) is 1. The molecule has 0 atom stereocenters. The zero-order valence-electron chi connectivity index (χ0n) is 28.6. The van der Waals surface area contributed by atoms with Gasteiger partial charge in [0.2, 0.25) is 0 Å². The van der Waals surface area contributed by atoms with Gasteiger partial charge in [-0.3, -0.25) is 0 Å². The fraction of sp³-hybridized carbons (Fsp3) is 0.149. The second-order valence-corrected chi connectivity index (χ2v) is 15.1. The van der Waals surface area contributed by atoms with Gasteiger partial charge in [-0.25, -0.2) is 0 Å². The third-order valence-electron chi connectivity index (χ3n) is 11.5. The summed E-state index contributed by atoms with van der Waals surface area (Å²) in [4.78, 5) is 2.37. The highest BCUT2D eigenvalue weighted by atomic mass is 16.3. The molecule has 0 fully saturated rings. The van der Waals surface area contributed by atoms with Gasteiger partial charge in [-0.15, -0.1) is 0 Å². The number of aryl methyl sites for hydroxylation is 1. The van der Waals surface area contributed by atoms with E-state index in [0.717, 1.165) is 39.0 Å². The van der Waals surface area contributed by atoms with Gasteiger partial charge < -0.3 is 9.32 Å². The number of benzene rings is 7. The molecule has 0 bridgehead atoms. The predicted octanol–water partition coefficient (Wildman–Crippen LogP) is 13.1. The first kappa shape index (κ1) is 28.4. The van der Waals surface area contributed by atoms with Crippen LogP contribution in [0.15, 0.2) is 138 Å². The third kappa shape index (κ3) is 3.83. The van der Waals surface area contributed by atoms with E-state index in [2.05, 4.69) is 167 Å². The van der Waals surface area contributed by atoms with Crippen molar-refractivity contribution < 1.29 is 4.42 Å². The van der Waals surface area contributed by atoms with Crippen LogP contribution in [0.25, 0.3) is 55.0 Å². The topological polar surface area (TPSA) is 16.4 Å². The lowest BCUT2D eigenvalue weighted by molar-refractivity contribution is 0.639. The average molecular weight is 632 g/mol. The second-order valence-electron chi connectivity index (χ2n) is 15.1. The third-order valence-corrected chi connectivity index (χ3v) is 11.5. The van der Waals surface area contributed by atoms with Gasteiger partial charge in [0.05, 0.1) is 5.69 Å². The van der Waals surface area contributed by atoms with Crippen LogP contribution in [0.4, 0.5) is 17.1 Å². The number of rotatable bonds is 3. The maximum atomic E-state index is 6.60. The maximum absolute atomic E-state index is 6.60. The number of para-hydroxylation sites is 2. The lowest BCUT2D eigenvalue weighted by atomic mass is 9.67. The van der Waals surface area contributed by atoms with Crippen LogP contribution in [0.1, 0.15) is 55.5 Å². The van der Waals surface area contributed by atoms with Crippen LogP contribution in [0.2, 0.25) is 0 Å². The number of furan rings is 1. The summed E-state index contributed by atoms with van der Waals surface area (Å²) in [6, 6.07) is 49.4. The van der Waals surface area contributed by atoms with Crippen molar-refractivity contribution in [2.45, 2.75) is 45.4 Å². The number of anilines is 3. The van der Waals surface area contributed by atoms with E-state index in [4.69, 9.17) is 4.42 Å². The van der Waals surface area contributed by atoms with Crippen molar-refractivity contribution in [3.8, 4) is 22.3 Å². The molecular weight excluding hydrogens is 595 g/mol. The van der Waals surface area contributed by atoms with Gasteiger partial charge in [-0.1, -0.05) is 118 Å². The molecule has 2 aliphatic rings. The van der Waals surface area contributed by atoms with E-state index in [1.54, 1.807) is 0 Å². The quantitative estimate of drug-likeness (QED) is 0.193. The van der Waals surface area contributed by atoms with E-state index in [1.165, 1.54) is 60.8 Å². The summed E-state index contributed by atoms with van der Waals surface area (Å²) in [5.41, 5.74) is 17.0. The zero-order chi connectivity index (χ0) is 33.2. The number of fused-ring (bicyclic) bond motifs is 8. The van der Waals surface area contributed by atoms with E-state index in [9.17, 15) is 0 Å². The molecule has 0 amide bonds. The fourth-order valence-corrected chi connectivity index (χ4v) is 8.91. The van der Waals surface area contributed by atoms with Gasteiger partial charge in [0.15, 0.2) is 5.58 Å². The lowest BCUT2D eigenvalue weighted by Gasteiger charge is -2.36. The Bertz CT molecular complexity index is 2660. The van der Waals surface area contributed by atoms with Crippen molar-refractivity contribution in [1.29, 1.82) is 0 Å². The van der Waals surface area contributed by atoms with Crippen molar-refractivity contribution in [3.63, 3.8) is 0 Å². The van der Waals surface area contributed by atoms with Crippen molar-refractivity contribution in [2.75, 3.05) is 4.90 Å². The van der Waals surface area contributed by atoms with Gasteiger partial charge in [0, 0.05) is 33.0 Å². The minimum absolute atomic E-state index is 0.113. The monoisotopic (exact) mass is 631 g/mol. The summed E-state index contributed by atoms with van der Waals surface area (Å²) in [6.07, 6.45) is 0. The highest BCUT2D eigenvalue weighted by Gasteiger charge is 2.41.